The maximum Gasteiger partial charge on any atom is 0.408 e. The quantitative estimate of drug-likeness (QED) is 0.810. The van der Waals surface area contributed by atoms with Crippen LogP contribution in [0.3, 0.4) is 0 Å². The van der Waals surface area contributed by atoms with Crippen LogP contribution in [0.2, 0.25) is 0 Å². The molecule has 0 saturated heterocycles. The van der Waals surface area contributed by atoms with Crippen LogP contribution in [0, 0.1) is 0 Å². The van der Waals surface area contributed by atoms with Gasteiger partial charge in [0.2, 0.25) is 5.91 Å². The van der Waals surface area contributed by atoms with Crippen molar-refractivity contribution in [1.29, 1.82) is 0 Å². The second-order valence-corrected chi connectivity index (χ2v) is 6.72. The van der Waals surface area contributed by atoms with E-state index in [9.17, 15) is 9.59 Å². The monoisotopic (exact) mass is 300 g/mol. The number of amides is 2. The molecule has 122 valence electrons. The van der Waals surface area contributed by atoms with Crippen molar-refractivity contribution in [2.24, 2.45) is 0 Å². The van der Waals surface area contributed by atoms with E-state index in [1.807, 2.05) is 20.8 Å². The highest BCUT2D eigenvalue weighted by atomic mass is 16.7. The van der Waals surface area contributed by atoms with E-state index in [1.165, 1.54) is 12.2 Å². The normalized spacial score (nSPS) is 18.0. The molecule has 21 heavy (non-hydrogen) atoms. The Kier molecular flexibility index (Phi) is 6.01. The van der Waals surface area contributed by atoms with Crippen molar-refractivity contribution in [3.05, 3.63) is 0 Å². The lowest BCUT2D eigenvalue weighted by Crippen LogP contribution is -2.53. The third-order valence-corrected chi connectivity index (χ3v) is 3.69. The van der Waals surface area contributed by atoms with Gasteiger partial charge in [-0.15, -0.1) is 0 Å². The number of hydroxylamine groups is 2. The smallest absolute Gasteiger partial charge is 0.408 e. The van der Waals surface area contributed by atoms with Crippen LogP contribution in [0.5, 0.6) is 0 Å². The Bertz CT molecular complexity index is 370. The summed E-state index contributed by atoms with van der Waals surface area (Å²) in [5.74, 6) is -0.143. The molecule has 1 aliphatic rings. The van der Waals surface area contributed by atoms with Gasteiger partial charge in [0.15, 0.2) is 0 Å². The third kappa shape index (κ3) is 5.91. The van der Waals surface area contributed by atoms with Gasteiger partial charge in [-0.25, -0.2) is 9.86 Å². The summed E-state index contributed by atoms with van der Waals surface area (Å²) in [4.78, 5) is 29.1. The number of alkyl carbamates (subject to hydrolysis) is 1. The molecule has 1 saturated carbocycles. The summed E-state index contributed by atoms with van der Waals surface area (Å²) in [6.07, 6.45) is 4.48. The van der Waals surface area contributed by atoms with Crippen LogP contribution in [-0.2, 0) is 14.4 Å². The van der Waals surface area contributed by atoms with E-state index in [4.69, 9.17) is 9.57 Å². The summed E-state index contributed by atoms with van der Waals surface area (Å²) >= 11 is 0. The highest BCUT2D eigenvalue weighted by Crippen LogP contribution is 2.32. The van der Waals surface area contributed by atoms with Gasteiger partial charge in [0.1, 0.15) is 5.60 Å². The molecular weight excluding hydrogens is 272 g/mol. The zero-order valence-corrected chi connectivity index (χ0v) is 13.8. The molecule has 1 N–H and O–H groups in total. The fourth-order valence-corrected chi connectivity index (χ4v) is 2.60. The van der Waals surface area contributed by atoms with Crippen molar-refractivity contribution >= 4 is 12.0 Å². The van der Waals surface area contributed by atoms with E-state index in [0.717, 1.165) is 32.1 Å². The zero-order valence-electron chi connectivity index (χ0n) is 13.8. The molecule has 1 aliphatic carbocycles. The van der Waals surface area contributed by atoms with Crippen molar-refractivity contribution in [2.75, 3.05) is 14.2 Å². The summed E-state index contributed by atoms with van der Waals surface area (Å²) in [6, 6.07) is 0. The van der Waals surface area contributed by atoms with Crippen molar-refractivity contribution in [2.45, 2.75) is 70.4 Å². The Morgan fingerprint density at radius 1 is 1.19 bits per heavy atom. The number of carbonyl (C=O) groups excluding carboxylic acids is 2. The molecular formula is C15H28N2O4. The molecule has 0 aromatic rings. The van der Waals surface area contributed by atoms with Gasteiger partial charge in [-0.3, -0.25) is 9.63 Å². The lowest BCUT2D eigenvalue weighted by atomic mass is 9.79. The van der Waals surface area contributed by atoms with Crippen molar-refractivity contribution < 1.29 is 19.2 Å². The first kappa shape index (κ1) is 17.8. The fraction of sp³-hybridized carbons (Fsp3) is 0.867. The molecule has 0 heterocycles. The van der Waals surface area contributed by atoms with Gasteiger partial charge in [0.05, 0.1) is 19.1 Å². The Morgan fingerprint density at radius 3 is 2.24 bits per heavy atom. The average molecular weight is 300 g/mol. The Morgan fingerprint density at radius 2 is 1.76 bits per heavy atom. The first-order valence-electron chi connectivity index (χ1n) is 7.49. The van der Waals surface area contributed by atoms with Crippen LogP contribution in [0.15, 0.2) is 0 Å². The first-order chi connectivity index (χ1) is 9.67. The molecule has 0 aromatic carbocycles. The number of hydrogen-bond acceptors (Lipinski definition) is 4. The van der Waals surface area contributed by atoms with Crippen LogP contribution in [0.1, 0.15) is 59.3 Å². The molecule has 6 heteroatoms. The number of nitrogens with one attached hydrogen (secondary N) is 1. The highest BCUT2D eigenvalue weighted by molar-refractivity contribution is 5.78. The molecule has 0 unspecified atom stereocenters. The number of hydrogen-bond donors (Lipinski definition) is 1. The van der Waals surface area contributed by atoms with Gasteiger partial charge in [0.25, 0.3) is 0 Å². The minimum Gasteiger partial charge on any atom is -0.444 e. The maximum absolute atomic E-state index is 12.1. The van der Waals surface area contributed by atoms with Gasteiger partial charge in [-0.05, 0) is 33.6 Å². The van der Waals surface area contributed by atoms with E-state index >= 15 is 0 Å². The zero-order chi connectivity index (χ0) is 16.1. The third-order valence-electron chi connectivity index (χ3n) is 3.69. The van der Waals surface area contributed by atoms with Crippen molar-refractivity contribution in [1.82, 2.24) is 10.4 Å². The van der Waals surface area contributed by atoms with E-state index in [-0.39, 0.29) is 12.3 Å². The van der Waals surface area contributed by atoms with E-state index in [1.54, 1.807) is 7.05 Å². The first-order valence-corrected chi connectivity index (χ1v) is 7.49. The van der Waals surface area contributed by atoms with Crippen LogP contribution < -0.4 is 5.32 Å². The van der Waals surface area contributed by atoms with Crippen molar-refractivity contribution in [3.8, 4) is 0 Å². The van der Waals surface area contributed by atoms with Crippen molar-refractivity contribution in [3.63, 3.8) is 0 Å². The molecule has 0 radical (unpaired) electrons. The number of carbonyl (C=O) groups is 2. The SMILES string of the molecule is CON(C)C(=O)CC1(NC(=O)OC(C)(C)C)CCCCC1. The number of nitrogens with zero attached hydrogens (tertiary/aromatic N) is 1. The maximum atomic E-state index is 12.1. The lowest BCUT2D eigenvalue weighted by Gasteiger charge is -2.38. The molecule has 0 bridgehead atoms. The Hall–Kier alpha value is -1.30. The van der Waals surface area contributed by atoms with E-state index in [2.05, 4.69) is 5.32 Å². The minimum absolute atomic E-state index is 0.143. The van der Waals surface area contributed by atoms with Crippen LogP contribution in [0.25, 0.3) is 0 Å². The van der Waals surface area contributed by atoms with E-state index < -0.39 is 17.2 Å². The second-order valence-electron chi connectivity index (χ2n) is 6.72. The minimum atomic E-state index is -0.548. The predicted octanol–water partition coefficient (Wildman–Crippen LogP) is 2.62. The molecule has 0 aliphatic heterocycles. The molecule has 1 fully saturated rings. The summed E-state index contributed by atoms with van der Waals surface area (Å²) in [5.41, 5.74) is -1.07. The molecule has 0 aromatic heterocycles. The number of rotatable bonds is 4. The van der Waals surface area contributed by atoms with Gasteiger partial charge >= 0.3 is 6.09 Å². The van der Waals surface area contributed by atoms with Crippen LogP contribution in [0.4, 0.5) is 4.79 Å². The molecule has 2 amide bonds. The molecule has 1 rings (SSSR count). The fourth-order valence-electron chi connectivity index (χ4n) is 2.60. The summed E-state index contributed by atoms with van der Waals surface area (Å²) < 4.78 is 5.33. The van der Waals surface area contributed by atoms with Gasteiger partial charge in [0, 0.05) is 7.05 Å². The highest BCUT2D eigenvalue weighted by Gasteiger charge is 2.37. The number of ether oxygens (including phenoxy) is 1. The lowest BCUT2D eigenvalue weighted by molar-refractivity contribution is -0.170. The summed E-state index contributed by atoms with van der Waals surface area (Å²) in [5, 5.41) is 4.14. The Balaban J connectivity index is 2.74. The van der Waals surface area contributed by atoms with Gasteiger partial charge in [-0.1, -0.05) is 19.3 Å². The summed E-state index contributed by atoms with van der Waals surface area (Å²) in [6.45, 7) is 5.47. The van der Waals surface area contributed by atoms with Gasteiger partial charge < -0.3 is 10.1 Å². The largest absolute Gasteiger partial charge is 0.444 e. The van der Waals surface area contributed by atoms with Gasteiger partial charge in [-0.2, -0.15) is 0 Å². The second kappa shape index (κ2) is 7.11. The molecule has 0 spiro atoms. The van der Waals surface area contributed by atoms with Crippen LogP contribution >= 0.6 is 0 Å². The van der Waals surface area contributed by atoms with Crippen LogP contribution in [-0.4, -0.2) is 42.4 Å². The summed E-state index contributed by atoms with van der Waals surface area (Å²) in [7, 11) is 3.03. The topological polar surface area (TPSA) is 67.9 Å². The predicted molar refractivity (Wildman–Crippen MR) is 79.6 cm³/mol. The standard InChI is InChI=1S/C15H28N2O4/c1-14(2,3)21-13(19)16-15(9-7-6-8-10-15)11-12(18)17(4)20-5/h6-11H2,1-5H3,(H,16,19). The average Bonchev–Trinajstić information content (AvgIpc) is 2.35. The molecule has 0 atom stereocenters. The molecule has 6 nitrogen and oxygen atoms in total. The Labute approximate surface area is 127 Å². The van der Waals surface area contributed by atoms with E-state index in [0.29, 0.717) is 0 Å².